The quantitative estimate of drug-likeness (QED) is 0.271. The third kappa shape index (κ3) is 4.96. The summed E-state index contributed by atoms with van der Waals surface area (Å²) in [5.41, 5.74) is 2.34. The summed E-state index contributed by atoms with van der Waals surface area (Å²) >= 11 is 3.46. The maximum Gasteiger partial charge on any atom is 0.185 e. The minimum absolute atomic E-state index is 0.00804. The van der Waals surface area contributed by atoms with Crippen LogP contribution in [0.5, 0.6) is 17.2 Å². The van der Waals surface area contributed by atoms with E-state index in [-0.39, 0.29) is 11.5 Å². The maximum absolute atomic E-state index is 12.6. The molecule has 0 unspecified atom stereocenters. The summed E-state index contributed by atoms with van der Waals surface area (Å²) in [6.07, 6.45) is 4.78. The number of carbonyl (C=O) groups excluding carboxylic acids is 1. The van der Waals surface area contributed by atoms with E-state index in [2.05, 4.69) is 20.9 Å². The van der Waals surface area contributed by atoms with Crippen LogP contribution in [0.1, 0.15) is 21.5 Å². The fourth-order valence-electron chi connectivity index (χ4n) is 2.76. The standard InChI is InChI=1S/C24H20BrNO4/c1-29-22-13-11-17(21(27)12-10-16-6-3-4-8-19(16)25)14-20(22)26-15-18-7-5-9-23(30-2)24(18)28/h3-15,28H,1-2H3/b12-10+,26-15?. The molecular formula is C24H20BrNO4. The zero-order valence-electron chi connectivity index (χ0n) is 16.5. The predicted molar refractivity (Wildman–Crippen MR) is 122 cm³/mol. The molecule has 0 heterocycles. The molecule has 1 N–H and O–H groups in total. The summed E-state index contributed by atoms with van der Waals surface area (Å²) in [6, 6.07) is 17.8. The van der Waals surface area contributed by atoms with Crippen molar-refractivity contribution in [3.05, 3.63) is 87.9 Å². The van der Waals surface area contributed by atoms with Crippen molar-refractivity contribution in [2.45, 2.75) is 0 Å². The summed E-state index contributed by atoms with van der Waals surface area (Å²) in [5.74, 6) is 0.701. The van der Waals surface area contributed by atoms with Gasteiger partial charge in [0.2, 0.25) is 0 Å². The van der Waals surface area contributed by atoms with E-state index in [1.54, 1.807) is 42.5 Å². The third-order valence-electron chi connectivity index (χ3n) is 4.38. The number of halogens is 1. The number of para-hydroxylation sites is 1. The van der Waals surface area contributed by atoms with Gasteiger partial charge in [0, 0.05) is 21.8 Å². The highest BCUT2D eigenvalue weighted by Gasteiger charge is 2.09. The summed E-state index contributed by atoms with van der Waals surface area (Å²) in [5, 5.41) is 10.2. The van der Waals surface area contributed by atoms with Crippen molar-refractivity contribution < 1.29 is 19.4 Å². The van der Waals surface area contributed by atoms with Gasteiger partial charge in [-0.15, -0.1) is 0 Å². The van der Waals surface area contributed by atoms with Crippen LogP contribution in [0.4, 0.5) is 5.69 Å². The Labute approximate surface area is 183 Å². The molecule has 0 atom stereocenters. The molecule has 0 aromatic heterocycles. The molecule has 0 radical (unpaired) electrons. The van der Waals surface area contributed by atoms with Crippen molar-refractivity contribution in [1.82, 2.24) is 0 Å². The lowest BCUT2D eigenvalue weighted by molar-refractivity contribution is 0.104. The molecule has 3 aromatic rings. The number of aromatic hydroxyl groups is 1. The minimum Gasteiger partial charge on any atom is -0.504 e. The Morgan fingerprint density at radius 2 is 1.70 bits per heavy atom. The van der Waals surface area contributed by atoms with Crippen molar-refractivity contribution in [3.8, 4) is 17.2 Å². The number of benzene rings is 3. The van der Waals surface area contributed by atoms with E-state index in [9.17, 15) is 9.90 Å². The molecule has 0 aliphatic heterocycles. The lowest BCUT2D eigenvalue weighted by atomic mass is 10.1. The van der Waals surface area contributed by atoms with Gasteiger partial charge in [-0.1, -0.05) is 40.2 Å². The van der Waals surface area contributed by atoms with Crippen LogP contribution in [0, 0.1) is 0 Å². The van der Waals surface area contributed by atoms with Crippen molar-refractivity contribution >= 4 is 39.7 Å². The molecule has 0 bridgehead atoms. The van der Waals surface area contributed by atoms with E-state index in [1.165, 1.54) is 26.5 Å². The molecule has 5 nitrogen and oxygen atoms in total. The van der Waals surface area contributed by atoms with Crippen LogP contribution < -0.4 is 9.47 Å². The highest BCUT2D eigenvalue weighted by molar-refractivity contribution is 9.10. The Bertz CT molecular complexity index is 1120. The fourth-order valence-corrected chi connectivity index (χ4v) is 3.18. The molecule has 0 saturated carbocycles. The molecule has 6 heteroatoms. The number of ketones is 1. The average molecular weight is 466 g/mol. The number of nitrogens with zero attached hydrogens (tertiary/aromatic N) is 1. The first-order valence-electron chi connectivity index (χ1n) is 9.08. The number of phenolic OH excluding ortho intramolecular Hbond substituents is 1. The van der Waals surface area contributed by atoms with Gasteiger partial charge in [0.1, 0.15) is 11.4 Å². The number of methoxy groups -OCH3 is 2. The lowest BCUT2D eigenvalue weighted by Gasteiger charge is -2.07. The van der Waals surface area contributed by atoms with Crippen molar-refractivity contribution in [2.75, 3.05) is 14.2 Å². The minimum atomic E-state index is -0.158. The second kappa shape index (κ2) is 9.89. The van der Waals surface area contributed by atoms with Crippen LogP contribution >= 0.6 is 15.9 Å². The molecule has 30 heavy (non-hydrogen) atoms. The molecule has 0 saturated heterocycles. The van der Waals surface area contributed by atoms with E-state index >= 15 is 0 Å². The number of phenols is 1. The summed E-state index contributed by atoms with van der Waals surface area (Å²) in [7, 11) is 3.02. The van der Waals surface area contributed by atoms with Gasteiger partial charge in [0.05, 0.1) is 14.2 Å². The van der Waals surface area contributed by atoms with Gasteiger partial charge in [0.15, 0.2) is 17.3 Å². The molecule has 0 fully saturated rings. The molecule has 0 spiro atoms. The highest BCUT2D eigenvalue weighted by Crippen LogP contribution is 2.31. The first-order chi connectivity index (χ1) is 14.5. The number of allylic oxidation sites excluding steroid dienone is 1. The Kier molecular flexibility index (Phi) is 7.03. The number of carbonyl (C=O) groups is 1. The Morgan fingerprint density at radius 3 is 2.43 bits per heavy atom. The molecule has 3 aromatic carbocycles. The Hall–Kier alpha value is -3.38. The largest absolute Gasteiger partial charge is 0.504 e. The normalized spacial score (nSPS) is 11.2. The van der Waals surface area contributed by atoms with Gasteiger partial charge in [0.25, 0.3) is 0 Å². The van der Waals surface area contributed by atoms with Gasteiger partial charge < -0.3 is 14.6 Å². The zero-order valence-corrected chi connectivity index (χ0v) is 18.1. The van der Waals surface area contributed by atoms with Gasteiger partial charge >= 0.3 is 0 Å². The monoisotopic (exact) mass is 465 g/mol. The van der Waals surface area contributed by atoms with Crippen LogP contribution in [-0.4, -0.2) is 31.3 Å². The summed E-state index contributed by atoms with van der Waals surface area (Å²) in [6.45, 7) is 0. The van der Waals surface area contributed by atoms with Gasteiger partial charge in [-0.3, -0.25) is 9.79 Å². The number of ether oxygens (including phenoxy) is 2. The molecule has 152 valence electrons. The first kappa shape index (κ1) is 21.3. The first-order valence-corrected chi connectivity index (χ1v) is 9.88. The van der Waals surface area contributed by atoms with Crippen LogP contribution in [0.15, 0.2) is 76.2 Å². The average Bonchev–Trinajstić information content (AvgIpc) is 2.77. The second-order valence-corrected chi connectivity index (χ2v) is 7.12. The molecule has 0 aliphatic carbocycles. The molecule has 0 aliphatic rings. The molecule has 0 amide bonds. The van der Waals surface area contributed by atoms with E-state index in [0.29, 0.717) is 28.3 Å². The van der Waals surface area contributed by atoms with Crippen LogP contribution in [0.25, 0.3) is 6.08 Å². The fraction of sp³-hybridized carbons (Fsp3) is 0.0833. The number of rotatable bonds is 7. The second-order valence-electron chi connectivity index (χ2n) is 6.26. The molecule has 3 rings (SSSR count). The van der Waals surface area contributed by atoms with E-state index < -0.39 is 0 Å². The zero-order chi connectivity index (χ0) is 21.5. The van der Waals surface area contributed by atoms with E-state index in [4.69, 9.17) is 9.47 Å². The Balaban J connectivity index is 1.88. The third-order valence-corrected chi connectivity index (χ3v) is 5.10. The van der Waals surface area contributed by atoms with E-state index in [1.807, 2.05) is 24.3 Å². The topological polar surface area (TPSA) is 68.1 Å². The van der Waals surface area contributed by atoms with Gasteiger partial charge in [-0.05, 0) is 54.1 Å². The van der Waals surface area contributed by atoms with Gasteiger partial charge in [-0.2, -0.15) is 0 Å². The smallest absolute Gasteiger partial charge is 0.185 e. The summed E-state index contributed by atoms with van der Waals surface area (Å²) < 4.78 is 11.4. The van der Waals surface area contributed by atoms with Crippen molar-refractivity contribution in [1.29, 1.82) is 0 Å². The Morgan fingerprint density at radius 1 is 0.967 bits per heavy atom. The van der Waals surface area contributed by atoms with Crippen LogP contribution in [0.2, 0.25) is 0 Å². The highest BCUT2D eigenvalue weighted by atomic mass is 79.9. The maximum atomic E-state index is 12.6. The van der Waals surface area contributed by atoms with E-state index in [0.717, 1.165) is 10.0 Å². The van der Waals surface area contributed by atoms with Crippen LogP contribution in [0.3, 0.4) is 0 Å². The predicted octanol–water partition coefficient (Wildman–Crippen LogP) is 5.82. The summed E-state index contributed by atoms with van der Waals surface area (Å²) in [4.78, 5) is 17.1. The lowest BCUT2D eigenvalue weighted by Crippen LogP contribution is -1.95. The molecular weight excluding hydrogens is 446 g/mol. The SMILES string of the molecule is COc1ccc(C(=O)/C=C/c2ccccc2Br)cc1N=Cc1cccc(OC)c1O. The number of hydrogen-bond acceptors (Lipinski definition) is 5. The number of hydrogen-bond donors (Lipinski definition) is 1. The number of aliphatic imine (C=N–C) groups is 1. The van der Waals surface area contributed by atoms with Crippen molar-refractivity contribution in [3.63, 3.8) is 0 Å². The van der Waals surface area contributed by atoms with Crippen LogP contribution in [-0.2, 0) is 0 Å². The van der Waals surface area contributed by atoms with Gasteiger partial charge in [-0.25, -0.2) is 0 Å². The van der Waals surface area contributed by atoms with Crippen molar-refractivity contribution in [2.24, 2.45) is 4.99 Å².